The number of hydrogen-bond donors (Lipinski definition) is 4. The van der Waals surface area contributed by atoms with E-state index in [0.717, 1.165) is 0 Å². The number of nitrogens with one attached hydrogen (secondary N) is 1. The SMILES string of the molecule is Cc1ncc([C@@H](N)C(=O)N2CC(Oc3ccc4c(c3C(=O)O)OB(O)CC4)C2)[nH]1. The number of ether oxygens (including phenoxy) is 1. The summed E-state index contributed by atoms with van der Waals surface area (Å²) in [7, 11) is -1.04. The normalized spacial score (nSPS) is 17.2. The molecule has 0 bridgehead atoms. The number of carbonyl (C=O) groups is 2. The van der Waals surface area contributed by atoms with Crippen LogP contribution in [0.3, 0.4) is 0 Å². The topological polar surface area (TPSA) is 151 Å². The Kier molecular flexibility index (Phi) is 4.93. The summed E-state index contributed by atoms with van der Waals surface area (Å²) in [6.07, 6.45) is 2.10. The molecule has 1 amide bonds. The number of rotatable bonds is 5. The highest BCUT2D eigenvalue weighted by molar-refractivity contribution is 6.44. The molecule has 3 heterocycles. The van der Waals surface area contributed by atoms with Crippen LogP contribution in [0.1, 0.15) is 33.5 Å². The largest absolute Gasteiger partial charge is 0.535 e. The molecule has 2 aromatic rings. The van der Waals surface area contributed by atoms with Gasteiger partial charge in [0.25, 0.3) is 0 Å². The minimum Gasteiger partial charge on any atom is -0.535 e. The molecule has 2 aliphatic heterocycles. The van der Waals surface area contributed by atoms with Crippen molar-refractivity contribution in [2.45, 2.75) is 31.8 Å². The molecule has 0 unspecified atom stereocenters. The van der Waals surface area contributed by atoms with Gasteiger partial charge in [0.15, 0.2) is 0 Å². The molecule has 0 aliphatic carbocycles. The fourth-order valence-electron chi connectivity index (χ4n) is 3.51. The van der Waals surface area contributed by atoms with Gasteiger partial charge in [-0.25, -0.2) is 9.78 Å². The Morgan fingerprint density at radius 1 is 1.45 bits per heavy atom. The maximum absolute atomic E-state index is 12.5. The number of aryl methyl sites for hydroxylation is 2. The van der Waals surface area contributed by atoms with Gasteiger partial charge >= 0.3 is 13.1 Å². The van der Waals surface area contributed by atoms with Gasteiger partial charge in [-0.1, -0.05) is 6.07 Å². The number of nitrogens with two attached hydrogens (primary N) is 1. The number of nitrogens with zero attached hydrogens (tertiary/aromatic N) is 2. The van der Waals surface area contributed by atoms with Gasteiger partial charge in [-0.15, -0.1) is 0 Å². The second-order valence-corrected chi connectivity index (χ2v) is 7.23. The van der Waals surface area contributed by atoms with Crippen molar-refractivity contribution in [3.05, 3.63) is 41.0 Å². The first kappa shape index (κ1) is 19.3. The number of carboxylic acid groups (broad SMARTS) is 1. The molecule has 11 heteroatoms. The van der Waals surface area contributed by atoms with Crippen molar-refractivity contribution in [3.63, 3.8) is 0 Å². The van der Waals surface area contributed by atoms with Crippen molar-refractivity contribution in [1.82, 2.24) is 14.9 Å². The summed E-state index contributed by atoms with van der Waals surface area (Å²) in [5.41, 5.74) is 7.13. The minimum atomic E-state index is -1.20. The molecule has 0 spiro atoms. The van der Waals surface area contributed by atoms with Crippen LogP contribution >= 0.6 is 0 Å². The lowest BCUT2D eigenvalue weighted by Gasteiger charge is -2.40. The van der Waals surface area contributed by atoms with Crippen LogP contribution in [0.2, 0.25) is 6.32 Å². The Hall–Kier alpha value is -3.05. The van der Waals surface area contributed by atoms with Crippen LogP contribution < -0.4 is 15.1 Å². The first-order chi connectivity index (χ1) is 13.8. The number of imidazole rings is 1. The number of carboxylic acids is 1. The van der Waals surface area contributed by atoms with Gasteiger partial charge in [-0.3, -0.25) is 4.79 Å². The summed E-state index contributed by atoms with van der Waals surface area (Å²) in [5, 5.41) is 19.3. The van der Waals surface area contributed by atoms with Crippen molar-refractivity contribution in [2.24, 2.45) is 5.73 Å². The molecule has 10 nitrogen and oxygen atoms in total. The molecule has 1 saturated heterocycles. The molecule has 1 fully saturated rings. The van der Waals surface area contributed by atoms with E-state index in [1.807, 2.05) is 0 Å². The molecule has 4 rings (SSSR count). The Balaban J connectivity index is 1.43. The number of H-pyrrole nitrogens is 1. The first-order valence-corrected chi connectivity index (χ1v) is 9.30. The van der Waals surface area contributed by atoms with Crippen LogP contribution in [-0.4, -0.2) is 63.2 Å². The number of aromatic amines is 1. The minimum absolute atomic E-state index is 0.115. The number of hydrogen-bond acceptors (Lipinski definition) is 7. The zero-order valence-corrected chi connectivity index (χ0v) is 15.8. The molecule has 5 N–H and O–H groups in total. The van der Waals surface area contributed by atoms with E-state index in [1.165, 1.54) is 6.20 Å². The highest BCUT2D eigenvalue weighted by Crippen LogP contribution is 2.37. The monoisotopic (exact) mass is 400 g/mol. The smallest absolute Gasteiger partial charge is 0.522 e. The predicted molar refractivity (Wildman–Crippen MR) is 102 cm³/mol. The van der Waals surface area contributed by atoms with Crippen molar-refractivity contribution >= 4 is 19.0 Å². The lowest BCUT2D eigenvalue weighted by Crippen LogP contribution is -2.58. The molecule has 1 atom stereocenters. The summed E-state index contributed by atoms with van der Waals surface area (Å²) in [4.78, 5) is 32.8. The van der Waals surface area contributed by atoms with E-state index in [-0.39, 0.29) is 29.1 Å². The quantitative estimate of drug-likeness (QED) is 0.517. The first-order valence-electron chi connectivity index (χ1n) is 9.30. The van der Waals surface area contributed by atoms with Gasteiger partial charge in [0.1, 0.15) is 35.0 Å². The van der Waals surface area contributed by atoms with Crippen LogP contribution in [0.15, 0.2) is 18.3 Å². The summed E-state index contributed by atoms with van der Waals surface area (Å²) in [5.74, 6) is -0.499. The summed E-state index contributed by atoms with van der Waals surface area (Å²) < 4.78 is 11.2. The van der Waals surface area contributed by atoms with Crippen molar-refractivity contribution in [2.75, 3.05) is 13.1 Å². The molecule has 0 radical (unpaired) electrons. The van der Waals surface area contributed by atoms with Gasteiger partial charge in [0, 0.05) is 0 Å². The van der Waals surface area contributed by atoms with E-state index in [4.69, 9.17) is 15.1 Å². The molecule has 1 aromatic heterocycles. The van der Waals surface area contributed by atoms with E-state index in [1.54, 1.807) is 24.0 Å². The standard InChI is InChI=1S/C18H21BN4O6/c1-9-21-6-12(22-9)15(20)17(24)23-7-11(8-23)28-13-3-2-10-4-5-19(27)29-16(10)14(13)18(25)26/h2-3,6,11,15,27H,4-5,7-8,20H2,1H3,(H,21,22)(H,25,26)/t15-/m1/s1. The number of aromatic nitrogens is 2. The number of aromatic carboxylic acids is 1. The van der Waals surface area contributed by atoms with Crippen LogP contribution in [-0.2, 0) is 11.2 Å². The average Bonchev–Trinajstić information content (AvgIpc) is 3.08. The third-order valence-corrected chi connectivity index (χ3v) is 5.11. The van der Waals surface area contributed by atoms with Gasteiger partial charge < -0.3 is 35.1 Å². The maximum Gasteiger partial charge on any atom is 0.522 e. The highest BCUT2D eigenvalue weighted by Gasteiger charge is 2.37. The van der Waals surface area contributed by atoms with Crippen molar-refractivity contribution in [1.29, 1.82) is 0 Å². The molecule has 152 valence electrons. The van der Waals surface area contributed by atoms with Gasteiger partial charge in [0.2, 0.25) is 5.91 Å². The van der Waals surface area contributed by atoms with Crippen LogP contribution in [0, 0.1) is 6.92 Å². The lowest BCUT2D eigenvalue weighted by atomic mass is 9.78. The third kappa shape index (κ3) is 3.66. The van der Waals surface area contributed by atoms with Gasteiger partial charge in [-0.2, -0.15) is 0 Å². The van der Waals surface area contributed by atoms with Crippen molar-refractivity contribution < 1.29 is 29.1 Å². The Morgan fingerprint density at radius 2 is 2.21 bits per heavy atom. The zero-order valence-electron chi connectivity index (χ0n) is 15.8. The lowest BCUT2D eigenvalue weighted by molar-refractivity contribution is -0.141. The van der Waals surface area contributed by atoms with Crippen LogP contribution in [0.5, 0.6) is 11.5 Å². The Bertz CT molecular complexity index is 958. The summed E-state index contributed by atoms with van der Waals surface area (Å²) >= 11 is 0. The van der Waals surface area contributed by atoms with E-state index in [0.29, 0.717) is 42.9 Å². The van der Waals surface area contributed by atoms with E-state index >= 15 is 0 Å². The second-order valence-electron chi connectivity index (χ2n) is 7.23. The van der Waals surface area contributed by atoms with Crippen LogP contribution in [0.25, 0.3) is 0 Å². The fraction of sp³-hybridized carbons (Fsp3) is 0.389. The van der Waals surface area contributed by atoms with E-state index in [9.17, 15) is 19.7 Å². The molecule has 1 aromatic carbocycles. The molecule has 29 heavy (non-hydrogen) atoms. The summed E-state index contributed by atoms with van der Waals surface area (Å²) in [6.45, 7) is 2.36. The predicted octanol–water partition coefficient (Wildman–Crippen LogP) is 0.121. The average molecular weight is 400 g/mol. The third-order valence-electron chi connectivity index (χ3n) is 5.11. The molecule has 0 saturated carbocycles. The molecule has 2 aliphatic rings. The number of benzene rings is 1. The number of carbonyl (C=O) groups excluding carboxylic acids is 1. The van der Waals surface area contributed by atoms with E-state index < -0.39 is 19.1 Å². The number of amides is 1. The van der Waals surface area contributed by atoms with Gasteiger partial charge in [-0.05, 0) is 31.3 Å². The summed E-state index contributed by atoms with van der Waals surface area (Å²) in [6, 6.07) is 2.49. The molecular formula is C18H21BN4O6. The fourth-order valence-corrected chi connectivity index (χ4v) is 3.51. The second kappa shape index (κ2) is 7.41. The number of likely N-dealkylation sites (tertiary alicyclic amines) is 1. The van der Waals surface area contributed by atoms with Crippen molar-refractivity contribution in [3.8, 4) is 11.5 Å². The molecular weight excluding hydrogens is 379 g/mol. The van der Waals surface area contributed by atoms with E-state index in [2.05, 4.69) is 9.97 Å². The number of fused-ring (bicyclic) bond motifs is 1. The Morgan fingerprint density at radius 3 is 2.86 bits per heavy atom. The maximum atomic E-state index is 12.5. The van der Waals surface area contributed by atoms with Crippen LogP contribution in [0.4, 0.5) is 0 Å². The Labute approximate surface area is 166 Å². The highest BCUT2D eigenvalue weighted by atomic mass is 16.5. The zero-order chi connectivity index (χ0) is 20.7. The van der Waals surface area contributed by atoms with Gasteiger partial charge in [0.05, 0.1) is 25.0 Å².